The van der Waals surface area contributed by atoms with Gasteiger partial charge in [-0.2, -0.15) is 0 Å². The molecule has 2 aromatic heterocycles. The van der Waals surface area contributed by atoms with Crippen molar-refractivity contribution in [2.45, 2.75) is 18.4 Å². The van der Waals surface area contributed by atoms with Crippen molar-refractivity contribution < 1.29 is 8.42 Å². The monoisotopic (exact) mass is 279 g/mol. The first-order chi connectivity index (χ1) is 8.99. The fraction of sp³-hybridized carbons (Fsp3) is 0.182. The van der Waals surface area contributed by atoms with E-state index >= 15 is 0 Å². The van der Waals surface area contributed by atoms with Crippen LogP contribution in [0.25, 0.3) is 0 Å². The van der Waals surface area contributed by atoms with Gasteiger partial charge in [0, 0.05) is 18.9 Å². The number of sulfonamides is 1. The van der Waals surface area contributed by atoms with Gasteiger partial charge < -0.3 is 5.73 Å². The molecule has 0 saturated carbocycles. The fourth-order valence-electron chi connectivity index (χ4n) is 1.42. The Kier molecular flexibility index (Phi) is 3.72. The minimum absolute atomic E-state index is 0.0200. The van der Waals surface area contributed by atoms with Crippen molar-refractivity contribution >= 4 is 16.0 Å². The van der Waals surface area contributed by atoms with E-state index in [-0.39, 0.29) is 17.4 Å². The van der Waals surface area contributed by atoms with E-state index < -0.39 is 10.0 Å². The Balaban J connectivity index is 2.14. The molecule has 2 aromatic rings. The third-order valence-corrected chi connectivity index (χ3v) is 3.90. The van der Waals surface area contributed by atoms with Crippen LogP contribution in [0.4, 0.5) is 5.95 Å². The summed E-state index contributed by atoms with van der Waals surface area (Å²) < 4.78 is 26.4. The van der Waals surface area contributed by atoms with Gasteiger partial charge in [0.15, 0.2) is 0 Å². The highest BCUT2D eigenvalue weighted by atomic mass is 32.2. The number of aromatic nitrogens is 3. The molecule has 8 heteroatoms. The third-order valence-electron chi connectivity index (χ3n) is 2.55. The third kappa shape index (κ3) is 3.24. The molecule has 0 atom stereocenters. The molecule has 0 unspecified atom stereocenters. The minimum atomic E-state index is -3.64. The molecule has 0 spiro atoms. The number of hydrogen-bond donors (Lipinski definition) is 2. The summed E-state index contributed by atoms with van der Waals surface area (Å²) in [5, 5.41) is 0. The predicted molar refractivity (Wildman–Crippen MR) is 69.4 cm³/mol. The number of anilines is 1. The van der Waals surface area contributed by atoms with Crippen LogP contribution < -0.4 is 10.5 Å². The van der Waals surface area contributed by atoms with E-state index in [2.05, 4.69) is 19.7 Å². The minimum Gasteiger partial charge on any atom is -0.368 e. The maximum Gasteiger partial charge on any atom is 0.243 e. The zero-order chi connectivity index (χ0) is 13.9. The summed E-state index contributed by atoms with van der Waals surface area (Å²) in [6.07, 6.45) is 5.63. The van der Waals surface area contributed by atoms with Crippen LogP contribution in [0.5, 0.6) is 0 Å². The predicted octanol–water partition coefficient (Wildman–Crippen LogP) is 0.241. The molecule has 0 aromatic carbocycles. The fourth-order valence-corrected chi connectivity index (χ4v) is 2.32. The highest BCUT2D eigenvalue weighted by molar-refractivity contribution is 7.89. The summed E-state index contributed by atoms with van der Waals surface area (Å²) >= 11 is 0. The molecule has 0 fully saturated rings. The van der Waals surface area contributed by atoms with Crippen molar-refractivity contribution in [3.05, 3.63) is 42.0 Å². The molecule has 3 N–H and O–H groups in total. The van der Waals surface area contributed by atoms with E-state index in [1.165, 1.54) is 12.4 Å². The van der Waals surface area contributed by atoms with Crippen LogP contribution in [0.2, 0.25) is 0 Å². The number of pyridine rings is 1. The smallest absolute Gasteiger partial charge is 0.243 e. The molecule has 0 bridgehead atoms. The summed E-state index contributed by atoms with van der Waals surface area (Å²) in [6, 6.07) is 1.76. The van der Waals surface area contributed by atoms with E-state index in [1.807, 2.05) is 6.92 Å². The number of nitrogens with zero attached hydrogens (tertiary/aromatic N) is 3. The summed E-state index contributed by atoms with van der Waals surface area (Å²) in [5.41, 5.74) is 7.08. The van der Waals surface area contributed by atoms with Crippen LogP contribution in [0, 0.1) is 6.92 Å². The maximum absolute atomic E-state index is 12.0. The van der Waals surface area contributed by atoms with Crippen LogP contribution in [0.15, 0.2) is 35.7 Å². The van der Waals surface area contributed by atoms with E-state index in [4.69, 9.17) is 5.73 Å². The average Bonchev–Trinajstić information content (AvgIpc) is 2.38. The Labute approximate surface area is 111 Å². The molecule has 0 aliphatic heterocycles. The Morgan fingerprint density at radius 1 is 1.26 bits per heavy atom. The summed E-state index contributed by atoms with van der Waals surface area (Å²) in [7, 11) is -3.64. The number of nitrogens with one attached hydrogen (secondary N) is 1. The molecule has 0 saturated heterocycles. The molecule has 0 aliphatic carbocycles. The van der Waals surface area contributed by atoms with Crippen molar-refractivity contribution in [1.29, 1.82) is 0 Å². The van der Waals surface area contributed by atoms with Gasteiger partial charge in [-0.25, -0.2) is 23.1 Å². The topological polar surface area (TPSA) is 111 Å². The van der Waals surface area contributed by atoms with Crippen molar-refractivity contribution in [2.75, 3.05) is 5.73 Å². The normalized spacial score (nSPS) is 11.4. The molecule has 2 heterocycles. The lowest BCUT2D eigenvalue weighted by Gasteiger charge is -2.08. The molecule has 2 rings (SSSR count). The van der Waals surface area contributed by atoms with E-state index in [0.717, 1.165) is 11.1 Å². The lowest BCUT2D eigenvalue weighted by atomic mass is 10.2. The number of rotatable bonds is 4. The van der Waals surface area contributed by atoms with Gasteiger partial charge in [0.1, 0.15) is 4.90 Å². The van der Waals surface area contributed by atoms with Gasteiger partial charge in [-0.1, -0.05) is 0 Å². The number of nitrogens with two attached hydrogens (primary N) is 1. The van der Waals surface area contributed by atoms with Crippen molar-refractivity contribution in [2.24, 2.45) is 0 Å². The average molecular weight is 279 g/mol. The van der Waals surface area contributed by atoms with Crippen LogP contribution in [0.1, 0.15) is 11.1 Å². The summed E-state index contributed by atoms with van der Waals surface area (Å²) in [5.74, 6) is 0.0314. The Morgan fingerprint density at radius 2 is 1.95 bits per heavy atom. The molecule has 100 valence electrons. The second-order valence-electron chi connectivity index (χ2n) is 3.90. The highest BCUT2D eigenvalue weighted by Gasteiger charge is 2.15. The molecule has 0 amide bonds. The van der Waals surface area contributed by atoms with Crippen LogP contribution >= 0.6 is 0 Å². The largest absolute Gasteiger partial charge is 0.368 e. The molecule has 0 aliphatic rings. The molecular weight excluding hydrogens is 266 g/mol. The van der Waals surface area contributed by atoms with Crippen molar-refractivity contribution in [3.63, 3.8) is 0 Å². The first kappa shape index (κ1) is 13.4. The standard InChI is InChI=1S/C11H13N5O2S/c1-8-4-13-3-2-9(8)5-16-19(17,18)10-6-14-11(12)15-7-10/h2-4,6-7,16H,5H2,1H3,(H2,12,14,15). The lowest BCUT2D eigenvalue weighted by molar-refractivity contribution is 0.580. The maximum atomic E-state index is 12.0. The van der Waals surface area contributed by atoms with Crippen LogP contribution in [-0.4, -0.2) is 23.4 Å². The van der Waals surface area contributed by atoms with Crippen LogP contribution in [-0.2, 0) is 16.6 Å². The van der Waals surface area contributed by atoms with E-state index in [1.54, 1.807) is 18.5 Å². The Morgan fingerprint density at radius 3 is 2.58 bits per heavy atom. The van der Waals surface area contributed by atoms with Gasteiger partial charge in [-0.3, -0.25) is 4.98 Å². The summed E-state index contributed by atoms with van der Waals surface area (Å²) in [6.45, 7) is 2.05. The first-order valence-electron chi connectivity index (χ1n) is 5.46. The Hall–Kier alpha value is -2.06. The quantitative estimate of drug-likeness (QED) is 0.829. The van der Waals surface area contributed by atoms with Gasteiger partial charge in [0.25, 0.3) is 0 Å². The summed E-state index contributed by atoms with van der Waals surface area (Å²) in [4.78, 5) is 11.2. The van der Waals surface area contributed by atoms with Gasteiger partial charge in [-0.15, -0.1) is 0 Å². The van der Waals surface area contributed by atoms with Crippen molar-refractivity contribution in [1.82, 2.24) is 19.7 Å². The first-order valence-corrected chi connectivity index (χ1v) is 6.94. The number of aryl methyl sites for hydroxylation is 1. The lowest BCUT2D eigenvalue weighted by Crippen LogP contribution is -2.24. The van der Waals surface area contributed by atoms with E-state index in [9.17, 15) is 8.42 Å². The van der Waals surface area contributed by atoms with Gasteiger partial charge >= 0.3 is 0 Å². The second kappa shape index (κ2) is 5.29. The zero-order valence-corrected chi connectivity index (χ0v) is 11.1. The molecular formula is C11H13N5O2S. The van der Waals surface area contributed by atoms with Crippen molar-refractivity contribution in [3.8, 4) is 0 Å². The SMILES string of the molecule is Cc1cnccc1CNS(=O)(=O)c1cnc(N)nc1. The number of nitrogen functional groups attached to an aromatic ring is 1. The molecule has 19 heavy (non-hydrogen) atoms. The second-order valence-corrected chi connectivity index (χ2v) is 5.67. The van der Waals surface area contributed by atoms with Gasteiger partial charge in [-0.05, 0) is 24.1 Å². The number of hydrogen-bond acceptors (Lipinski definition) is 6. The Bertz CT molecular complexity index is 670. The highest BCUT2D eigenvalue weighted by Crippen LogP contribution is 2.09. The van der Waals surface area contributed by atoms with Gasteiger partial charge in [0.05, 0.1) is 12.4 Å². The van der Waals surface area contributed by atoms with Gasteiger partial charge in [0.2, 0.25) is 16.0 Å². The zero-order valence-electron chi connectivity index (χ0n) is 10.2. The van der Waals surface area contributed by atoms with Crippen LogP contribution in [0.3, 0.4) is 0 Å². The van der Waals surface area contributed by atoms with E-state index in [0.29, 0.717) is 0 Å². The molecule has 0 radical (unpaired) electrons. The molecule has 7 nitrogen and oxygen atoms in total.